The molecule has 0 aromatic carbocycles. The van der Waals surface area contributed by atoms with Crippen LogP contribution in [-0.4, -0.2) is 62.9 Å². The standard InChI is InChI=1S/C11H23N3O2.ClH/c1-12-8-9-14(4)11(16)7-5-6-10(15)13(2)3;/h12H,5-9H2,1-4H3;1H. The molecule has 0 aliphatic carbocycles. The highest BCUT2D eigenvalue weighted by Gasteiger charge is 2.09. The van der Waals surface area contributed by atoms with Crippen LogP contribution in [0.15, 0.2) is 0 Å². The molecule has 102 valence electrons. The van der Waals surface area contributed by atoms with E-state index in [1.807, 2.05) is 7.05 Å². The Morgan fingerprint density at radius 1 is 1.06 bits per heavy atom. The van der Waals surface area contributed by atoms with Crippen molar-refractivity contribution in [2.75, 3.05) is 41.3 Å². The Balaban J connectivity index is 0. The van der Waals surface area contributed by atoms with Crippen molar-refractivity contribution < 1.29 is 9.59 Å². The van der Waals surface area contributed by atoms with Crippen molar-refractivity contribution in [1.82, 2.24) is 15.1 Å². The maximum atomic E-state index is 11.6. The van der Waals surface area contributed by atoms with Gasteiger partial charge in [0.2, 0.25) is 11.8 Å². The molecular formula is C11H24ClN3O2. The number of hydrogen-bond donors (Lipinski definition) is 1. The van der Waals surface area contributed by atoms with Crippen LogP contribution < -0.4 is 5.32 Å². The molecule has 2 amide bonds. The maximum Gasteiger partial charge on any atom is 0.222 e. The van der Waals surface area contributed by atoms with Gasteiger partial charge in [-0.15, -0.1) is 12.4 Å². The van der Waals surface area contributed by atoms with Gasteiger partial charge in [-0.05, 0) is 13.5 Å². The van der Waals surface area contributed by atoms with E-state index in [1.165, 1.54) is 0 Å². The van der Waals surface area contributed by atoms with E-state index >= 15 is 0 Å². The molecule has 0 aromatic rings. The maximum absolute atomic E-state index is 11.6. The number of nitrogens with one attached hydrogen (secondary N) is 1. The SMILES string of the molecule is CNCCN(C)C(=O)CCCC(=O)N(C)C.Cl. The molecule has 0 radical (unpaired) electrons. The number of carbonyl (C=O) groups is 2. The molecule has 0 aliphatic rings. The summed E-state index contributed by atoms with van der Waals surface area (Å²) in [6.07, 6.45) is 1.51. The van der Waals surface area contributed by atoms with Crippen molar-refractivity contribution in [3.05, 3.63) is 0 Å². The zero-order valence-electron chi connectivity index (χ0n) is 11.2. The molecule has 0 saturated carbocycles. The number of nitrogens with zero attached hydrogens (tertiary/aromatic N) is 2. The second-order valence-corrected chi connectivity index (χ2v) is 4.06. The Morgan fingerprint density at radius 3 is 2.06 bits per heavy atom. The molecule has 0 aliphatic heterocycles. The first kappa shape index (κ1) is 18.6. The highest BCUT2D eigenvalue weighted by molar-refractivity contribution is 5.85. The van der Waals surface area contributed by atoms with Crippen LogP contribution in [0.3, 0.4) is 0 Å². The van der Waals surface area contributed by atoms with Gasteiger partial charge in [0.15, 0.2) is 0 Å². The van der Waals surface area contributed by atoms with Crippen molar-refractivity contribution in [2.24, 2.45) is 0 Å². The third-order valence-electron chi connectivity index (χ3n) is 2.40. The van der Waals surface area contributed by atoms with E-state index in [0.29, 0.717) is 25.8 Å². The predicted octanol–water partition coefficient (Wildman–Crippen LogP) is 0.344. The molecule has 17 heavy (non-hydrogen) atoms. The van der Waals surface area contributed by atoms with Crippen LogP contribution in [0, 0.1) is 0 Å². The van der Waals surface area contributed by atoms with Crippen LogP contribution in [0.4, 0.5) is 0 Å². The molecule has 0 bridgehead atoms. The number of carbonyl (C=O) groups excluding carboxylic acids is 2. The number of halogens is 1. The van der Waals surface area contributed by atoms with Gasteiger partial charge in [0.1, 0.15) is 0 Å². The first-order valence-corrected chi connectivity index (χ1v) is 5.57. The fourth-order valence-electron chi connectivity index (χ4n) is 1.21. The van der Waals surface area contributed by atoms with Crippen molar-refractivity contribution in [3.63, 3.8) is 0 Å². The van der Waals surface area contributed by atoms with E-state index in [1.54, 1.807) is 30.9 Å². The van der Waals surface area contributed by atoms with Crippen LogP contribution in [0.25, 0.3) is 0 Å². The van der Waals surface area contributed by atoms with E-state index in [4.69, 9.17) is 0 Å². The minimum Gasteiger partial charge on any atom is -0.349 e. The first-order chi connectivity index (χ1) is 7.49. The van der Waals surface area contributed by atoms with Gasteiger partial charge in [0.05, 0.1) is 0 Å². The van der Waals surface area contributed by atoms with Crippen LogP contribution in [0.5, 0.6) is 0 Å². The van der Waals surface area contributed by atoms with Gasteiger partial charge in [-0.25, -0.2) is 0 Å². The van der Waals surface area contributed by atoms with Gasteiger partial charge in [-0.2, -0.15) is 0 Å². The monoisotopic (exact) mass is 265 g/mol. The molecule has 6 heteroatoms. The van der Waals surface area contributed by atoms with Crippen LogP contribution in [0.1, 0.15) is 19.3 Å². The molecule has 1 N–H and O–H groups in total. The summed E-state index contributed by atoms with van der Waals surface area (Å²) in [6, 6.07) is 0. The average molecular weight is 266 g/mol. The first-order valence-electron chi connectivity index (χ1n) is 5.57. The largest absolute Gasteiger partial charge is 0.349 e. The Hall–Kier alpha value is -0.810. The third kappa shape index (κ3) is 8.94. The summed E-state index contributed by atoms with van der Waals surface area (Å²) < 4.78 is 0. The summed E-state index contributed by atoms with van der Waals surface area (Å²) in [4.78, 5) is 26.1. The fraction of sp³-hybridized carbons (Fsp3) is 0.818. The Kier molecular flexibility index (Phi) is 11.3. The molecule has 5 nitrogen and oxygen atoms in total. The van der Waals surface area contributed by atoms with Crippen molar-refractivity contribution in [1.29, 1.82) is 0 Å². The average Bonchev–Trinajstić information content (AvgIpc) is 2.25. The lowest BCUT2D eigenvalue weighted by atomic mass is 10.2. The number of rotatable bonds is 7. The van der Waals surface area contributed by atoms with E-state index in [9.17, 15) is 9.59 Å². The van der Waals surface area contributed by atoms with E-state index in [-0.39, 0.29) is 24.2 Å². The number of amides is 2. The smallest absolute Gasteiger partial charge is 0.222 e. The summed E-state index contributed by atoms with van der Waals surface area (Å²) in [5, 5.41) is 2.99. The molecule has 0 heterocycles. The van der Waals surface area contributed by atoms with Crippen molar-refractivity contribution >= 4 is 24.2 Å². The number of likely N-dealkylation sites (N-methyl/N-ethyl adjacent to an activating group) is 2. The van der Waals surface area contributed by atoms with Gasteiger partial charge in [0.25, 0.3) is 0 Å². The van der Waals surface area contributed by atoms with Crippen LogP contribution in [0.2, 0.25) is 0 Å². The van der Waals surface area contributed by atoms with E-state index in [0.717, 1.165) is 6.54 Å². The van der Waals surface area contributed by atoms with Gasteiger partial charge in [0, 0.05) is 47.1 Å². The Morgan fingerprint density at radius 2 is 1.59 bits per heavy atom. The van der Waals surface area contributed by atoms with Gasteiger partial charge in [-0.1, -0.05) is 0 Å². The zero-order chi connectivity index (χ0) is 12.6. The lowest BCUT2D eigenvalue weighted by Gasteiger charge is -2.17. The summed E-state index contributed by atoms with van der Waals surface area (Å²) in [7, 11) is 7.09. The van der Waals surface area contributed by atoms with Crippen molar-refractivity contribution in [2.45, 2.75) is 19.3 Å². The van der Waals surface area contributed by atoms with Crippen molar-refractivity contribution in [3.8, 4) is 0 Å². The third-order valence-corrected chi connectivity index (χ3v) is 2.40. The summed E-state index contributed by atoms with van der Waals surface area (Å²) >= 11 is 0. The van der Waals surface area contributed by atoms with Gasteiger partial charge < -0.3 is 15.1 Å². The minimum atomic E-state index is 0. The highest BCUT2D eigenvalue weighted by atomic mass is 35.5. The molecule has 0 rings (SSSR count). The lowest BCUT2D eigenvalue weighted by molar-refractivity contribution is -0.131. The second kappa shape index (κ2) is 10.4. The molecule has 0 fully saturated rings. The molecule has 0 unspecified atom stereocenters. The zero-order valence-corrected chi connectivity index (χ0v) is 12.0. The van der Waals surface area contributed by atoms with E-state index < -0.39 is 0 Å². The molecule has 0 aromatic heterocycles. The summed E-state index contributed by atoms with van der Waals surface area (Å²) in [5.74, 6) is 0.174. The highest BCUT2D eigenvalue weighted by Crippen LogP contribution is 2.01. The second-order valence-electron chi connectivity index (χ2n) is 4.06. The summed E-state index contributed by atoms with van der Waals surface area (Å²) in [6.45, 7) is 1.50. The Bertz CT molecular complexity index is 235. The quantitative estimate of drug-likeness (QED) is 0.723. The lowest BCUT2D eigenvalue weighted by Crippen LogP contribution is -2.32. The molecular weight excluding hydrogens is 242 g/mol. The molecule has 0 spiro atoms. The van der Waals surface area contributed by atoms with Gasteiger partial charge >= 0.3 is 0 Å². The van der Waals surface area contributed by atoms with Crippen LogP contribution in [-0.2, 0) is 9.59 Å². The normalized spacial score (nSPS) is 9.41. The van der Waals surface area contributed by atoms with Crippen LogP contribution >= 0.6 is 12.4 Å². The predicted molar refractivity (Wildman–Crippen MR) is 71.4 cm³/mol. The number of hydrogen-bond acceptors (Lipinski definition) is 3. The fourth-order valence-corrected chi connectivity index (χ4v) is 1.21. The van der Waals surface area contributed by atoms with E-state index in [2.05, 4.69) is 5.32 Å². The molecule has 0 atom stereocenters. The minimum absolute atomic E-state index is 0. The topological polar surface area (TPSA) is 52.7 Å². The Labute approximate surface area is 110 Å². The summed E-state index contributed by atoms with van der Waals surface area (Å²) in [5.41, 5.74) is 0. The molecule has 0 saturated heterocycles. The van der Waals surface area contributed by atoms with Gasteiger partial charge in [-0.3, -0.25) is 9.59 Å².